The van der Waals surface area contributed by atoms with Gasteiger partial charge < -0.3 is 41.8 Å². The molecule has 18 rings (SSSR count). The molecule has 0 aliphatic heterocycles. The van der Waals surface area contributed by atoms with Crippen LogP contribution in [0, 0.1) is 45.9 Å². The Kier molecular flexibility index (Phi) is 29.9. The molecule has 0 bridgehead atoms. The normalized spacial score (nSPS) is 11.8. The van der Waals surface area contributed by atoms with Gasteiger partial charge >= 0.3 is 0 Å². The van der Waals surface area contributed by atoms with Gasteiger partial charge in [-0.2, -0.15) is 0 Å². The van der Waals surface area contributed by atoms with Crippen molar-refractivity contribution in [1.82, 2.24) is 15.0 Å². The zero-order chi connectivity index (χ0) is 86.7. The third kappa shape index (κ3) is 22.0. The summed E-state index contributed by atoms with van der Waals surface area (Å²) in [5.74, 6) is 2.32. The van der Waals surface area contributed by atoms with Crippen molar-refractivity contribution >= 4 is 116 Å². The van der Waals surface area contributed by atoms with Gasteiger partial charge in [-0.15, -0.1) is 54.6 Å². The summed E-state index contributed by atoms with van der Waals surface area (Å²) in [5, 5.41) is 31.6. The number of aryl methyl sites for hydroxylation is 4. The molecule has 18 aromatic rings. The predicted octanol–water partition coefficient (Wildman–Crippen LogP) is 28.8. The first-order chi connectivity index (χ1) is 57.4. The van der Waals surface area contributed by atoms with E-state index in [1.54, 1.807) is 0 Å². The van der Waals surface area contributed by atoms with Crippen LogP contribution in [-0.2, 0) is 90.9 Å². The number of ketones is 3. The number of allylic oxidation sites excluding steroid dienone is 6. The number of aliphatic hydroxyl groups excluding tert-OH is 3. The first-order valence-electron chi connectivity index (χ1n) is 40.1. The van der Waals surface area contributed by atoms with Gasteiger partial charge in [-0.3, -0.25) is 29.3 Å². The summed E-state index contributed by atoms with van der Waals surface area (Å²) >= 11 is 0. The molecule has 9 aromatic carbocycles. The molecular formula is C106H98Ir3N3O12-3. The molecule has 0 saturated carbocycles. The minimum atomic E-state index is -0.125. The van der Waals surface area contributed by atoms with Gasteiger partial charge in [-0.25, -0.2) is 0 Å². The van der Waals surface area contributed by atoms with Crippen molar-refractivity contribution in [2.75, 3.05) is 0 Å². The van der Waals surface area contributed by atoms with Crippen LogP contribution in [0.1, 0.15) is 143 Å². The second kappa shape index (κ2) is 39.3. The zero-order valence-electron chi connectivity index (χ0n) is 72.8. The van der Waals surface area contributed by atoms with E-state index >= 15 is 0 Å². The van der Waals surface area contributed by atoms with E-state index in [1.165, 1.54) is 98.7 Å². The number of rotatable bonds is 9. The van der Waals surface area contributed by atoms with Crippen LogP contribution >= 0.6 is 0 Å². The molecule has 3 N–H and O–H groups in total. The second-order valence-corrected chi connectivity index (χ2v) is 33.8. The van der Waals surface area contributed by atoms with E-state index in [0.29, 0.717) is 0 Å². The van der Waals surface area contributed by atoms with Gasteiger partial charge in [0, 0.05) is 130 Å². The molecule has 0 unspecified atom stereocenters. The molecule has 0 spiro atoms. The smallest absolute Gasteiger partial charge is 0.155 e. The molecule has 9 heterocycles. The molecular weight excluding hydrogens is 2080 g/mol. The summed E-state index contributed by atoms with van der Waals surface area (Å²) in [4.78, 5) is 44.8. The van der Waals surface area contributed by atoms with Crippen LogP contribution in [0.4, 0.5) is 0 Å². The van der Waals surface area contributed by atoms with Crippen molar-refractivity contribution in [3.8, 4) is 67.7 Å². The molecule has 639 valence electrons. The Balaban J connectivity index is 0.000000172. The maximum absolute atomic E-state index is 10.0. The number of fused-ring (bicyclic) bond motifs is 12. The summed E-state index contributed by atoms with van der Waals surface area (Å²) in [6, 6.07) is 82.0. The summed E-state index contributed by atoms with van der Waals surface area (Å²) in [6.45, 7) is 37.3. The molecule has 0 atom stereocenters. The average Bonchev–Trinajstić information content (AvgIpc) is 1.64. The number of carbonyl (C=O) groups excluding carboxylic acids is 3. The number of furan rings is 6. The molecule has 0 aliphatic rings. The van der Waals surface area contributed by atoms with Crippen LogP contribution in [0.3, 0.4) is 0 Å². The minimum Gasteiger partial charge on any atom is -0.512 e. The fraction of sp³-hybridized carbons (Fsp3) is 0.208. The Morgan fingerprint density at radius 1 is 0.323 bits per heavy atom. The Morgan fingerprint density at radius 2 is 0.613 bits per heavy atom. The predicted molar refractivity (Wildman–Crippen MR) is 489 cm³/mol. The van der Waals surface area contributed by atoms with Gasteiger partial charge in [-0.1, -0.05) is 203 Å². The summed E-state index contributed by atoms with van der Waals surface area (Å²) < 4.78 is 37.3. The molecule has 124 heavy (non-hydrogen) atoms. The molecule has 3 radical (unpaired) electrons. The Morgan fingerprint density at radius 3 is 0.911 bits per heavy atom. The van der Waals surface area contributed by atoms with Crippen molar-refractivity contribution in [2.45, 2.75) is 148 Å². The Labute approximate surface area is 762 Å². The van der Waals surface area contributed by atoms with E-state index in [0.717, 1.165) is 167 Å². The van der Waals surface area contributed by atoms with Gasteiger partial charge in [0.05, 0.1) is 50.6 Å². The summed E-state index contributed by atoms with van der Waals surface area (Å²) in [7, 11) is 0. The van der Waals surface area contributed by atoms with E-state index < -0.39 is 0 Å². The molecule has 0 saturated heterocycles. The van der Waals surface area contributed by atoms with Gasteiger partial charge in [0.2, 0.25) is 0 Å². The number of para-hydroxylation sites is 3. The largest absolute Gasteiger partial charge is 0.512 e. The van der Waals surface area contributed by atoms with Crippen LogP contribution in [0.15, 0.2) is 274 Å². The van der Waals surface area contributed by atoms with Crippen LogP contribution in [0.25, 0.3) is 167 Å². The van der Waals surface area contributed by atoms with Crippen molar-refractivity contribution in [3.05, 3.63) is 305 Å². The number of nitrogens with zero attached hydrogens (tertiary/aromatic N) is 3. The maximum Gasteiger partial charge on any atom is 0.155 e. The first kappa shape index (κ1) is 94.3. The van der Waals surface area contributed by atoms with Gasteiger partial charge in [-0.05, 0) is 191 Å². The van der Waals surface area contributed by atoms with E-state index in [4.69, 9.17) is 56.8 Å². The first-order valence-corrected chi connectivity index (χ1v) is 40.1. The standard InChI is InChI=1S/C33H30NO2.C31H26NO2.C27H18NO2.3C5H8O2.3Ir/c1-32(2,3)21-16-20(17-22(18-21)33(4,5)6)30-19-27-29(35-30)15-14-26(34-27)25-12-9-11-24-23-10-7-8-13-28(23)36-31(24)25;1-18-15-20(31(3,4)5)16-19(2)29(18)28-17-25-27(33-28)14-13-24(32-25)23-11-8-10-22-21-9-6-7-12-26(21)34-30(22)23;1-16-12-17(2)14-18(13-16)26-15-23-25(29-26)11-10-22(28-23)21-8-5-7-20-19-6-3-4-9-24(19)30-27(20)21;3*1-4(6)3-5(2)7;;;/h7-11,13-19H,1-6H3;6-10,12-17H,1-5H3;3-7,9-15H,1-2H3;3*3,6H,1-2H3;;;/q3*-1;;;;;;. The van der Waals surface area contributed by atoms with Gasteiger partial charge in [0.15, 0.2) is 34.1 Å². The number of hydrogen-bond donors (Lipinski definition) is 3. The minimum absolute atomic E-state index is 0. The Hall–Kier alpha value is -12.0. The average molecular weight is 2180 g/mol. The van der Waals surface area contributed by atoms with Crippen LogP contribution in [0.2, 0.25) is 0 Å². The molecule has 18 heteroatoms. The monoisotopic (exact) mass is 2180 g/mol. The van der Waals surface area contributed by atoms with E-state index in [1.807, 2.05) is 146 Å². The van der Waals surface area contributed by atoms with E-state index in [2.05, 4.69) is 175 Å². The third-order valence-corrected chi connectivity index (χ3v) is 20.2. The molecule has 0 amide bonds. The van der Waals surface area contributed by atoms with E-state index in [9.17, 15) is 14.4 Å². The fourth-order valence-corrected chi connectivity index (χ4v) is 14.7. The molecule has 15 nitrogen and oxygen atoms in total. The van der Waals surface area contributed by atoms with Crippen molar-refractivity contribution < 1.29 is 117 Å². The molecule has 0 aliphatic carbocycles. The number of aliphatic hydroxyl groups is 3. The summed E-state index contributed by atoms with van der Waals surface area (Å²) in [5.41, 5.74) is 27.1. The van der Waals surface area contributed by atoms with E-state index in [-0.39, 0.29) is 111 Å². The molecule has 0 fully saturated rings. The SMILES string of the molecule is CC(=O)C=C(C)O.CC(=O)C=C(C)O.CC(=O)C=C(C)O.CC(C)(C)c1cc(-c2cc3nc(-c4[c-]ccc5c4oc4ccccc45)ccc3o2)cc(C(C)(C)C)c1.Cc1cc(C(C)(C)C)cc(C)c1-c1cc2nc(-c3[c-]ccc4c3oc3ccccc34)ccc2o1.Cc1cc(C)cc(-c2cc3nc(-c4[c-]ccc5c4oc4ccccc45)ccc3o2)c1.[Ir].[Ir].[Ir]. The number of pyridine rings is 3. The van der Waals surface area contributed by atoms with Crippen molar-refractivity contribution in [2.24, 2.45) is 0 Å². The summed E-state index contributed by atoms with van der Waals surface area (Å²) in [6.07, 6.45) is 3.50. The third-order valence-electron chi connectivity index (χ3n) is 20.2. The van der Waals surface area contributed by atoms with Crippen molar-refractivity contribution in [3.63, 3.8) is 0 Å². The maximum atomic E-state index is 10.0. The van der Waals surface area contributed by atoms with Crippen LogP contribution in [-0.4, -0.2) is 47.6 Å². The molecule has 9 aromatic heterocycles. The number of aromatic nitrogens is 3. The number of carbonyl (C=O) groups is 3. The van der Waals surface area contributed by atoms with Gasteiger partial charge in [0.25, 0.3) is 0 Å². The second-order valence-electron chi connectivity index (χ2n) is 33.8. The van der Waals surface area contributed by atoms with Crippen molar-refractivity contribution in [1.29, 1.82) is 0 Å². The topological polar surface area (TPSA) is 229 Å². The number of hydrogen-bond acceptors (Lipinski definition) is 15. The Bertz CT molecular complexity index is 6940. The van der Waals surface area contributed by atoms with Crippen LogP contribution < -0.4 is 0 Å². The number of benzene rings is 9. The fourth-order valence-electron chi connectivity index (χ4n) is 14.7. The quantitative estimate of drug-likeness (QED) is 0.0693. The van der Waals surface area contributed by atoms with Gasteiger partial charge in [0.1, 0.15) is 34.0 Å². The van der Waals surface area contributed by atoms with Crippen LogP contribution in [0.5, 0.6) is 0 Å². The zero-order valence-corrected chi connectivity index (χ0v) is 80.0.